The van der Waals surface area contributed by atoms with E-state index in [1.54, 1.807) is 0 Å². The van der Waals surface area contributed by atoms with Gasteiger partial charge in [0.05, 0.1) is 13.2 Å². The van der Waals surface area contributed by atoms with Crippen LogP contribution in [0.2, 0.25) is 0 Å². The number of hydrogen-bond acceptors (Lipinski definition) is 3. The van der Waals surface area contributed by atoms with Gasteiger partial charge in [0, 0.05) is 49.2 Å². The fourth-order valence-corrected chi connectivity index (χ4v) is 4.21. The number of halogens is 2. The molecule has 3 rings (SSSR count). The van der Waals surface area contributed by atoms with Crippen molar-refractivity contribution in [3.05, 3.63) is 34.3 Å². The van der Waals surface area contributed by atoms with Crippen molar-refractivity contribution in [2.24, 2.45) is 10.9 Å². The molecule has 0 amide bonds. The van der Waals surface area contributed by atoms with Crippen LogP contribution in [0.1, 0.15) is 37.7 Å². The summed E-state index contributed by atoms with van der Waals surface area (Å²) in [7, 11) is 1.83. The van der Waals surface area contributed by atoms with Crippen LogP contribution < -0.4 is 10.6 Å². The number of guanidine groups is 1. The zero-order valence-electron chi connectivity index (χ0n) is 16.7. The molecular formula is C21H33BrIN3O2. The van der Waals surface area contributed by atoms with Gasteiger partial charge in [0.15, 0.2) is 5.96 Å². The third kappa shape index (κ3) is 6.85. The zero-order valence-corrected chi connectivity index (χ0v) is 20.6. The molecule has 1 saturated carbocycles. The Morgan fingerprint density at radius 2 is 2.21 bits per heavy atom. The van der Waals surface area contributed by atoms with Crippen molar-refractivity contribution < 1.29 is 9.47 Å². The van der Waals surface area contributed by atoms with Gasteiger partial charge in [-0.15, -0.1) is 24.0 Å². The molecule has 1 aromatic rings. The van der Waals surface area contributed by atoms with Crippen molar-refractivity contribution in [2.45, 2.75) is 37.5 Å². The summed E-state index contributed by atoms with van der Waals surface area (Å²) in [4.78, 5) is 4.37. The van der Waals surface area contributed by atoms with E-state index in [1.807, 2.05) is 7.05 Å². The molecule has 1 aliphatic heterocycles. The number of ether oxygens (including phenoxy) is 2. The van der Waals surface area contributed by atoms with Crippen LogP contribution in [-0.4, -0.2) is 52.5 Å². The molecule has 7 heteroatoms. The number of nitrogens with zero attached hydrogens (tertiary/aromatic N) is 1. The molecule has 158 valence electrons. The van der Waals surface area contributed by atoms with Crippen LogP contribution >= 0.6 is 39.9 Å². The fourth-order valence-electron chi connectivity index (χ4n) is 3.81. The van der Waals surface area contributed by atoms with Gasteiger partial charge >= 0.3 is 0 Å². The van der Waals surface area contributed by atoms with E-state index in [4.69, 9.17) is 9.47 Å². The second-order valence-electron chi connectivity index (χ2n) is 7.65. The predicted octanol–water partition coefficient (Wildman–Crippen LogP) is 4.10. The summed E-state index contributed by atoms with van der Waals surface area (Å²) in [6.07, 6.45) is 5.86. The SMILES string of the molecule is CN=C(NCCCOCC1CCOC1)NCC1(c2cccc(Br)c2)CCC1.I. The summed E-state index contributed by atoms with van der Waals surface area (Å²) in [5.74, 6) is 1.46. The molecule has 2 fully saturated rings. The highest BCUT2D eigenvalue weighted by atomic mass is 127. The normalized spacial score (nSPS) is 20.9. The van der Waals surface area contributed by atoms with Gasteiger partial charge in [0.25, 0.3) is 0 Å². The quantitative estimate of drug-likeness (QED) is 0.205. The van der Waals surface area contributed by atoms with Crippen LogP contribution in [0.5, 0.6) is 0 Å². The van der Waals surface area contributed by atoms with Crippen molar-refractivity contribution in [3.63, 3.8) is 0 Å². The van der Waals surface area contributed by atoms with E-state index in [1.165, 1.54) is 24.8 Å². The summed E-state index contributed by atoms with van der Waals surface area (Å²) >= 11 is 3.60. The van der Waals surface area contributed by atoms with Gasteiger partial charge in [0.1, 0.15) is 0 Å². The Balaban J connectivity index is 0.00000280. The Labute approximate surface area is 194 Å². The van der Waals surface area contributed by atoms with Gasteiger partial charge in [-0.3, -0.25) is 4.99 Å². The molecule has 28 heavy (non-hydrogen) atoms. The number of aliphatic imine (C=N–C) groups is 1. The third-order valence-electron chi connectivity index (χ3n) is 5.70. The Morgan fingerprint density at radius 3 is 2.86 bits per heavy atom. The van der Waals surface area contributed by atoms with E-state index in [9.17, 15) is 0 Å². The lowest BCUT2D eigenvalue weighted by atomic mass is 9.64. The molecule has 1 saturated heterocycles. The minimum absolute atomic E-state index is 0. The predicted molar refractivity (Wildman–Crippen MR) is 129 cm³/mol. The van der Waals surface area contributed by atoms with E-state index < -0.39 is 0 Å². The summed E-state index contributed by atoms with van der Waals surface area (Å²) in [5.41, 5.74) is 1.64. The molecule has 0 aromatic heterocycles. The molecule has 2 N–H and O–H groups in total. The molecule has 1 atom stereocenters. The number of benzene rings is 1. The molecule has 1 heterocycles. The third-order valence-corrected chi connectivity index (χ3v) is 6.19. The van der Waals surface area contributed by atoms with E-state index in [0.29, 0.717) is 5.92 Å². The van der Waals surface area contributed by atoms with E-state index in [-0.39, 0.29) is 29.4 Å². The molecule has 0 spiro atoms. The lowest BCUT2D eigenvalue weighted by Gasteiger charge is -2.43. The first-order chi connectivity index (χ1) is 13.2. The van der Waals surface area contributed by atoms with Crippen LogP contribution in [0, 0.1) is 5.92 Å². The van der Waals surface area contributed by atoms with Crippen molar-refractivity contribution in [3.8, 4) is 0 Å². The van der Waals surface area contributed by atoms with E-state index >= 15 is 0 Å². The van der Waals surface area contributed by atoms with Crippen molar-refractivity contribution >= 4 is 45.9 Å². The molecular weight excluding hydrogens is 533 g/mol. The van der Waals surface area contributed by atoms with Gasteiger partial charge in [-0.2, -0.15) is 0 Å². The molecule has 5 nitrogen and oxygen atoms in total. The molecule has 1 aromatic carbocycles. The smallest absolute Gasteiger partial charge is 0.191 e. The van der Waals surface area contributed by atoms with Crippen molar-refractivity contribution in [1.29, 1.82) is 0 Å². The average molecular weight is 566 g/mol. The average Bonchev–Trinajstić information content (AvgIpc) is 3.15. The van der Waals surface area contributed by atoms with E-state index in [0.717, 1.165) is 62.8 Å². The first-order valence-electron chi connectivity index (χ1n) is 10.1. The van der Waals surface area contributed by atoms with Crippen LogP contribution in [0.25, 0.3) is 0 Å². The minimum Gasteiger partial charge on any atom is -0.381 e. The molecule has 0 radical (unpaired) electrons. The van der Waals surface area contributed by atoms with Gasteiger partial charge in [-0.05, 0) is 43.4 Å². The van der Waals surface area contributed by atoms with Crippen molar-refractivity contribution in [2.75, 3.05) is 46.6 Å². The molecule has 2 aliphatic rings. The lowest BCUT2D eigenvalue weighted by Crippen LogP contribution is -2.49. The Morgan fingerprint density at radius 1 is 1.36 bits per heavy atom. The Bertz CT molecular complexity index is 619. The van der Waals surface area contributed by atoms with E-state index in [2.05, 4.69) is 55.8 Å². The number of hydrogen-bond donors (Lipinski definition) is 2. The van der Waals surface area contributed by atoms with Crippen molar-refractivity contribution in [1.82, 2.24) is 10.6 Å². The zero-order chi connectivity index (χ0) is 19.0. The monoisotopic (exact) mass is 565 g/mol. The van der Waals surface area contributed by atoms with Gasteiger partial charge < -0.3 is 20.1 Å². The summed E-state index contributed by atoms with van der Waals surface area (Å²) in [6, 6.07) is 8.72. The highest BCUT2D eigenvalue weighted by molar-refractivity contribution is 14.0. The second-order valence-corrected chi connectivity index (χ2v) is 8.57. The van der Waals surface area contributed by atoms with Crippen LogP contribution in [0.15, 0.2) is 33.7 Å². The van der Waals surface area contributed by atoms with Gasteiger partial charge in [-0.25, -0.2) is 0 Å². The fraction of sp³-hybridized carbons (Fsp3) is 0.667. The molecule has 1 unspecified atom stereocenters. The first-order valence-corrected chi connectivity index (χ1v) is 10.9. The summed E-state index contributed by atoms with van der Waals surface area (Å²) < 4.78 is 12.3. The second kappa shape index (κ2) is 12.3. The maximum atomic E-state index is 5.76. The van der Waals surface area contributed by atoms with Crippen LogP contribution in [-0.2, 0) is 14.9 Å². The summed E-state index contributed by atoms with van der Waals surface area (Å²) in [5, 5.41) is 6.94. The minimum atomic E-state index is 0. The first kappa shape index (κ1) is 23.9. The number of rotatable bonds is 9. The lowest BCUT2D eigenvalue weighted by molar-refractivity contribution is 0.0888. The highest BCUT2D eigenvalue weighted by Gasteiger charge is 2.38. The number of nitrogens with one attached hydrogen (secondary N) is 2. The van der Waals surface area contributed by atoms with Gasteiger partial charge in [0.2, 0.25) is 0 Å². The molecule has 0 bridgehead atoms. The maximum absolute atomic E-state index is 5.76. The van der Waals surface area contributed by atoms with Gasteiger partial charge in [-0.1, -0.05) is 34.5 Å². The Kier molecular flexibility index (Phi) is 10.5. The topological polar surface area (TPSA) is 54.9 Å². The molecule has 1 aliphatic carbocycles. The largest absolute Gasteiger partial charge is 0.381 e. The summed E-state index contributed by atoms with van der Waals surface area (Å²) in [6.45, 7) is 5.13. The standard InChI is InChI=1S/C21H32BrN3O2.HI/c1-23-20(24-10-4-11-26-14-17-7-12-27-15-17)25-16-21(8-3-9-21)18-5-2-6-19(22)13-18;/h2,5-6,13,17H,3-4,7-12,14-16H2,1H3,(H2,23,24,25);1H. The Hall–Kier alpha value is -0.380. The maximum Gasteiger partial charge on any atom is 0.191 e. The van der Waals surface area contributed by atoms with Crippen LogP contribution in [0.3, 0.4) is 0 Å². The highest BCUT2D eigenvalue weighted by Crippen LogP contribution is 2.43. The van der Waals surface area contributed by atoms with Crippen LogP contribution in [0.4, 0.5) is 0 Å².